The van der Waals surface area contributed by atoms with Gasteiger partial charge in [-0.1, -0.05) is 0 Å². The normalized spacial score (nSPS) is 20.2. The second-order valence-corrected chi connectivity index (χ2v) is 5.91. The van der Waals surface area contributed by atoms with Crippen LogP contribution in [0.25, 0.3) is 0 Å². The van der Waals surface area contributed by atoms with Crippen LogP contribution in [-0.2, 0) is 0 Å². The molecule has 1 aromatic rings. The lowest BCUT2D eigenvalue weighted by atomic mass is 10.1. The summed E-state index contributed by atoms with van der Waals surface area (Å²) in [4.78, 5) is 31.1. The Hall–Kier alpha value is -2.56. The molecule has 2 aliphatic heterocycles. The third-order valence-corrected chi connectivity index (χ3v) is 4.25. The van der Waals surface area contributed by atoms with E-state index in [4.69, 9.17) is 10.8 Å². The van der Waals surface area contributed by atoms with E-state index >= 15 is 0 Å². The molecule has 136 valence electrons. The van der Waals surface area contributed by atoms with Crippen molar-refractivity contribution in [2.45, 2.75) is 24.7 Å². The summed E-state index contributed by atoms with van der Waals surface area (Å²) in [7, 11) is 0. The Labute approximate surface area is 140 Å². The zero-order valence-corrected chi connectivity index (χ0v) is 13.0. The first kappa shape index (κ1) is 17.3. The molecule has 4 N–H and O–H groups in total. The summed E-state index contributed by atoms with van der Waals surface area (Å²) in [5, 5.41) is 11.1. The summed E-state index contributed by atoms with van der Waals surface area (Å²) < 4.78 is 37.2. The van der Waals surface area contributed by atoms with Gasteiger partial charge in [0.15, 0.2) is 11.9 Å². The van der Waals surface area contributed by atoms with E-state index in [0.717, 1.165) is 0 Å². The van der Waals surface area contributed by atoms with Gasteiger partial charge in [-0.25, -0.2) is 9.78 Å². The Kier molecular flexibility index (Phi) is 4.19. The number of rotatable bonds is 3. The molecule has 1 fully saturated rings. The highest BCUT2D eigenvalue weighted by atomic mass is 19.4. The summed E-state index contributed by atoms with van der Waals surface area (Å²) >= 11 is 0. The van der Waals surface area contributed by atoms with Crippen LogP contribution in [0.4, 0.5) is 29.5 Å². The van der Waals surface area contributed by atoms with Crippen molar-refractivity contribution in [1.29, 1.82) is 0 Å². The molecule has 3 heterocycles. The summed E-state index contributed by atoms with van der Waals surface area (Å²) in [6.45, 7) is 0.199. The van der Waals surface area contributed by atoms with E-state index < -0.39 is 30.8 Å². The van der Waals surface area contributed by atoms with Gasteiger partial charge in [0.1, 0.15) is 5.69 Å². The third kappa shape index (κ3) is 3.18. The topological polar surface area (TPSA) is 112 Å². The molecule has 1 aromatic heterocycles. The SMILES string of the molecule is NC(=O)c1ccc2c(n1)N(C(=O)NC[C@@H](O)C(F)(F)F)[C@H]1CCN2C1. The van der Waals surface area contributed by atoms with Crippen molar-refractivity contribution in [3.05, 3.63) is 17.8 Å². The molecule has 2 atom stereocenters. The Balaban J connectivity index is 1.85. The van der Waals surface area contributed by atoms with Crippen LogP contribution in [0.3, 0.4) is 0 Å². The van der Waals surface area contributed by atoms with Gasteiger partial charge in [0, 0.05) is 13.1 Å². The lowest BCUT2D eigenvalue weighted by Crippen LogP contribution is -2.53. The zero-order chi connectivity index (χ0) is 18.4. The van der Waals surface area contributed by atoms with Crippen molar-refractivity contribution < 1.29 is 27.9 Å². The number of pyridine rings is 1. The molecule has 25 heavy (non-hydrogen) atoms. The molecule has 11 heteroatoms. The van der Waals surface area contributed by atoms with E-state index in [1.165, 1.54) is 11.0 Å². The minimum Gasteiger partial charge on any atom is -0.382 e. The highest BCUT2D eigenvalue weighted by Crippen LogP contribution is 2.38. The van der Waals surface area contributed by atoms with Gasteiger partial charge in [0.2, 0.25) is 0 Å². The highest BCUT2D eigenvalue weighted by molar-refractivity contribution is 5.98. The fraction of sp³-hybridized carbons (Fsp3) is 0.500. The molecule has 1 saturated heterocycles. The number of aliphatic hydroxyl groups is 1. The maximum atomic E-state index is 12.4. The first-order valence-corrected chi connectivity index (χ1v) is 7.56. The molecule has 0 unspecified atom stereocenters. The molecule has 3 amide bonds. The predicted octanol–water partition coefficient (Wildman–Crippen LogP) is 0.212. The van der Waals surface area contributed by atoms with Crippen LogP contribution in [0.5, 0.6) is 0 Å². The average molecular weight is 359 g/mol. The number of alkyl halides is 3. The van der Waals surface area contributed by atoms with Crippen LogP contribution in [0.15, 0.2) is 12.1 Å². The molecule has 2 bridgehead atoms. The maximum Gasteiger partial charge on any atom is 0.416 e. The van der Waals surface area contributed by atoms with Gasteiger partial charge in [-0.3, -0.25) is 9.69 Å². The van der Waals surface area contributed by atoms with Crippen LogP contribution in [0, 0.1) is 0 Å². The van der Waals surface area contributed by atoms with Gasteiger partial charge >= 0.3 is 12.2 Å². The Bertz CT molecular complexity index is 711. The number of aromatic nitrogens is 1. The Morgan fingerprint density at radius 3 is 2.80 bits per heavy atom. The molecule has 8 nitrogen and oxygen atoms in total. The van der Waals surface area contributed by atoms with Crippen molar-refractivity contribution in [2.75, 3.05) is 29.4 Å². The number of aliphatic hydroxyl groups excluding tert-OH is 1. The second kappa shape index (κ2) is 6.06. The van der Waals surface area contributed by atoms with E-state index in [1.54, 1.807) is 6.07 Å². The minimum absolute atomic E-state index is 0.0469. The number of hydrogen-bond acceptors (Lipinski definition) is 5. The molecular weight excluding hydrogens is 343 g/mol. The van der Waals surface area contributed by atoms with Crippen molar-refractivity contribution in [1.82, 2.24) is 10.3 Å². The lowest BCUT2D eigenvalue weighted by Gasteiger charge is -2.36. The fourth-order valence-electron chi connectivity index (χ4n) is 2.99. The Morgan fingerprint density at radius 1 is 1.44 bits per heavy atom. The number of carbonyl (C=O) groups excluding carboxylic acids is 2. The van der Waals surface area contributed by atoms with E-state index in [2.05, 4.69) is 10.3 Å². The second-order valence-electron chi connectivity index (χ2n) is 5.91. The number of amides is 3. The van der Waals surface area contributed by atoms with Crippen molar-refractivity contribution in [3.8, 4) is 0 Å². The third-order valence-electron chi connectivity index (χ3n) is 4.25. The molecule has 3 rings (SSSR count). The fourth-order valence-corrected chi connectivity index (χ4v) is 2.99. The largest absolute Gasteiger partial charge is 0.416 e. The predicted molar refractivity (Wildman–Crippen MR) is 81.3 cm³/mol. The quantitative estimate of drug-likeness (QED) is 0.714. The molecule has 0 saturated carbocycles. The van der Waals surface area contributed by atoms with Crippen LogP contribution in [0.2, 0.25) is 0 Å². The number of carbonyl (C=O) groups is 2. The van der Waals surface area contributed by atoms with Gasteiger partial charge in [0.05, 0.1) is 18.3 Å². The molecule has 2 aliphatic rings. The molecule has 0 spiro atoms. The number of primary amides is 1. The molecule has 0 aromatic carbocycles. The van der Waals surface area contributed by atoms with Gasteiger partial charge < -0.3 is 21.1 Å². The lowest BCUT2D eigenvalue weighted by molar-refractivity contribution is -0.201. The first-order valence-electron chi connectivity index (χ1n) is 7.56. The number of urea groups is 1. The number of fused-ring (bicyclic) bond motifs is 4. The number of nitrogens with two attached hydrogens (primary N) is 1. The van der Waals surface area contributed by atoms with Crippen LogP contribution in [-0.4, -0.2) is 60.0 Å². The average Bonchev–Trinajstić information content (AvgIpc) is 2.95. The van der Waals surface area contributed by atoms with E-state index in [-0.39, 0.29) is 17.6 Å². The smallest absolute Gasteiger partial charge is 0.382 e. The number of anilines is 2. The van der Waals surface area contributed by atoms with Gasteiger partial charge in [0.25, 0.3) is 5.91 Å². The van der Waals surface area contributed by atoms with Crippen molar-refractivity contribution >= 4 is 23.4 Å². The number of hydrogen-bond donors (Lipinski definition) is 3. The van der Waals surface area contributed by atoms with E-state index in [1.807, 2.05) is 4.90 Å². The molecule has 0 radical (unpaired) electrons. The summed E-state index contributed by atoms with van der Waals surface area (Å²) in [5.41, 5.74) is 5.76. The first-order chi connectivity index (χ1) is 11.7. The zero-order valence-electron chi connectivity index (χ0n) is 13.0. The summed E-state index contributed by atoms with van der Waals surface area (Å²) in [5.74, 6) is -0.604. The van der Waals surface area contributed by atoms with E-state index in [0.29, 0.717) is 25.2 Å². The van der Waals surface area contributed by atoms with Crippen LogP contribution < -0.4 is 20.9 Å². The number of nitrogens with one attached hydrogen (secondary N) is 1. The van der Waals surface area contributed by atoms with Gasteiger partial charge in [-0.15, -0.1) is 0 Å². The standard InChI is InChI=1S/C14H16F3N5O3/c15-14(16,17)10(23)5-19-13(25)22-7-3-4-21(6-7)9-2-1-8(11(18)24)20-12(9)22/h1-2,7,10,23H,3-6H2,(H2,18,24)(H,19,25)/t7-,10+/m0/s1. The van der Waals surface area contributed by atoms with Crippen molar-refractivity contribution in [3.63, 3.8) is 0 Å². The highest BCUT2D eigenvalue weighted by Gasteiger charge is 2.42. The summed E-state index contributed by atoms with van der Waals surface area (Å²) in [6, 6.07) is 1.94. The molecular formula is C14H16F3N5O3. The monoisotopic (exact) mass is 359 g/mol. The van der Waals surface area contributed by atoms with Gasteiger partial charge in [-0.2, -0.15) is 13.2 Å². The van der Waals surface area contributed by atoms with Gasteiger partial charge in [-0.05, 0) is 18.6 Å². The van der Waals surface area contributed by atoms with Crippen LogP contribution >= 0.6 is 0 Å². The summed E-state index contributed by atoms with van der Waals surface area (Å²) in [6.07, 6.45) is -6.88. The molecule has 0 aliphatic carbocycles. The Morgan fingerprint density at radius 2 is 2.16 bits per heavy atom. The number of nitrogens with zero attached hydrogens (tertiary/aromatic N) is 3. The van der Waals surface area contributed by atoms with E-state index in [9.17, 15) is 22.8 Å². The maximum absolute atomic E-state index is 12.4. The number of halogens is 3. The van der Waals surface area contributed by atoms with Crippen molar-refractivity contribution in [2.24, 2.45) is 5.73 Å². The van der Waals surface area contributed by atoms with Crippen LogP contribution in [0.1, 0.15) is 16.9 Å². The minimum atomic E-state index is -4.82.